The molecule has 3 aromatic heterocycles. The van der Waals surface area contributed by atoms with Crippen LogP contribution in [-0.4, -0.2) is 84.6 Å². The molecule has 1 saturated carbocycles. The Morgan fingerprint density at radius 3 is 2.67 bits per heavy atom. The van der Waals surface area contributed by atoms with Crippen molar-refractivity contribution in [3.63, 3.8) is 0 Å². The van der Waals surface area contributed by atoms with Crippen LogP contribution in [0.15, 0.2) is 53.9 Å². The molecule has 1 aromatic carbocycles. The molecule has 1 saturated heterocycles. The number of hydrogen-bond acceptors (Lipinski definition) is 8. The molecule has 4 aromatic rings. The van der Waals surface area contributed by atoms with Gasteiger partial charge in [-0.25, -0.2) is 18.3 Å². The Kier molecular flexibility index (Phi) is 9.18. The summed E-state index contributed by atoms with van der Waals surface area (Å²) in [5.74, 6) is -3.78. The Morgan fingerprint density at radius 2 is 1.96 bits per heavy atom. The topological polar surface area (TPSA) is 119 Å². The van der Waals surface area contributed by atoms with Gasteiger partial charge in [-0.15, -0.1) is 11.8 Å². The molecule has 2 N–H and O–H groups in total. The largest absolute Gasteiger partial charge is 0.434 e. The molecule has 2 fully saturated rings. The molecule has 1 aliphatic heterocycles. The third-order valence-electron chi connectivity index (χ3n) is 7.63. The molecule has 244 valence electrons. The third-order valence-corrected chi connectivity index (χ3v) is 8.96. The summed E-state index contributed by atoms with van der Waals surface area (Å²) in [6, 6.07) is 6.38. The fourth-order valence-electron chi connectivity index (χ4n) is 5.21. The summed E-state index contributed by atoms with van der Waals surface area (Å²) in [5.41, 5.74) is 1.03. The molecular weight excluding hydrogens is 628 g/mol. The highest BCUT2D eigenvalue weighted by atomic mass is 32.2. The van der Waals surface area contributed by atoms with Crippen molar-refractivity contribution >= 4 is 34.9 Å². The van der Waals surface area contributed by atoms with E-state index in [9.17, 15) is 27.2 Å². The van der Waals surface area contributed by atoms with Gasteiger partial charge in [0.2, 0.25) is 5.91 Å². The second kappa shape index (κ2) is 13.3. The Balaban J connectivity index is 1.27. The van der Waals surface area contributed by atoms with Crippen LogP contribution in [0.3, 0.4) is 0 Å². The van der Waals surface area contributed by atoms with Crippen LogP contribution >= 0.6 is 11.8 Å². The zero-order valence-electron chi connectivity index (χ0n) is 24.8. The van der Waals surface area contributed by atoms with E-state index < -0.39 is 25.0 Å². The van der Waals surface area contributed by atoms with Crippen LogP contribution < -0.4 is 15.4 Å². The van der Waals surface area contributed by atoms with E-state index in [0.29, 0.717) is 36.8 Å². The number of ether oxygens (including phenoxy) is 1. The number of aromatic nitrogens is 5. The van der Waals surface area contributed by atoms with Gasteiger partial charge in [-0.1, -0.05) is 0 Å². The van der Waals surface area contributed by atoms with Crippen LogP contribution in [-0.2, 0) is 11.3 Å². The van der Waals surface area contributed by atoms with Gasteiger partial charge in [0, 0.05) is 60.4 Å². The highest BCUT2D eigenvalue weighted by Gasteiger charge is 2.29. The zero-order chi connectivity index (χ0) is 32.4. The number of rotatable bonds is 12. The summed E-state index contributed by atoms with van der Waals surface area (Å²) in [5, 5.41) is 14.8. The molecule has 46 heavy (non-hydrogen) atoms. The lowest BCUT2D eigenvalue weighted by molar-refractivity contribution is -0.133. The van der Waals surface area contributed by atoms with Crippen molar-refractivity contribution in [3.05, 3.63) is 54.6 Å². The number of hydrogen-bond donors (Lipinski definition) is 2. The quantitative estimate of drug-likeness (QED) is 0.205. The second-order valence-corrected chi connectivity index (χ2v) is 12.8. The van der Waals surface area contributed by atoms with Crippen LogP contribution in [0.25, 0.3) is 16.9 Å². The van der Waals surface area contributed by atoms with E-state index in [0.717, 1.165) is 24.7 Å². The first-order valence-electron chi connectivity index (χ1n) is 14.8. The van der Waals surface area contributed by atoms with Gasteiger partial charge in [0.1, 0.15) is 23.6 Å². The summed E-state index contributed by atoms with van der Waals surface area (Å²) in [6.45, 7) is -2.13. The van der Waals surface area contributed by atoms with E-state index in [2.05, 4.69) is 25.8 Å². The van der Waals surface area contributed by atoms with Gasteiger partial charge in [-0.3, -0.25) is 14.3 Å². The van der Waals surface area contributed by atoms with Gasteiger partial charge in [0.05, 0.1) is 18.4 Å². The fourth-order valence-corrected chi connectivity index (χ4v) is 6.30. The second-order valence-electron chi connectivity index (χ2n) is 11.4. The summed E-state index contributed by atoms with van der Waals surface area (Å²) >= 11 is 1.61. The predicted molar refractivity (Wildman–Crippen MR) is 162 cm³/mol. The number of nitrogens with one attached hydrogen (secondary N) is 2. The minimum absolute atomic E-state index is 0.128. The molecule has 16 heteroatoms. The number of amides is 2. The monoisotopic (exact) mass is 660 g/mol. The van der Waals surface area contributed by atoms with E-state index in [1.54, 1.807) is 41.1 Å². The number of piperidine rings is 1. The van der Waals surface area contributed by atoms with Crippen molar-refractivity contribution in [2.75, 3.05) is 25.0 Å². The molecule has 2 aliphatic rings. The molecule has 0 radical (unpaired) electrons. The van der Waals surface area contributed by atoms with E-state index in [-0.39, 0.29) is 46.8 Å². The van der Waals surface area contributed by atoms with Gasteiger partial charge in [-0.2, -0.15) is 19.0 Å². The van der Waals surface area contributed by atoms with Crippen molar-refractivity contribution in [3.8, 4) is 17.0 Å². The van der Waals surface area contributed by atoms with Crippen LogP contribution in [0, 0.1) is 0 Å². The Bertz CT molecular complexity index is 1710. The van der Waals surface area contributed by atoms with Crippen molar-refractivity contribution < 1.29 is 31.9 Å². The first-order chi connectivity index (χ1) is 22.0. The lowest BCUT2D eigenvalue weighted by Gasteiger charge is -2.33. The van der Waals surface area contributed by atoms with Crippen molar-refractivity contribution in [2.45, 2.75) is 67.9 Å². The lowest BCUT2D eigenvalue weighted by Crippen LogP contribution is -2.47. The standard InChI is InChI=1S/C30H32F4N8O3S/c1-30(33,34)17-36-18-7-11-40(12-8-18)25(43)16-41-15-23(38-28(44)22-14-37-42-10-2-9-35-27(22)42)26(39-41)21-13-20(46-19-3-4-19)5-6-24(21)45-29(31)32/h2,5-6,9-10,13-15,18-19,29,36H,3-4,7-8,11-12,16-17H2,1H3,(H,38,44). The molecule has 2 amide bonds. The lowest BCUT2D eigenvalue weighted by atomic mass is 10.0. The van der Waals surface area contributed by atoms with Gasteiger partial charge in [0.25, 0.3) is 11.8 Å². The molecule has 0 unspecified atom stereocenters. The average Bonchev–Trinajstić information content (AvgIpc) is 3.58. The Hall–Kier alpha value is -4.18. The average molecular weight is 661 g/mol. The first kappa shape index (κ1) is 31.8. The number of likely N-dealkylation sites (tertiary alicyclic amines) is 1. The predicted octanol–water partition coefficient (Wildman–Crippen LogP) is 4.94. The van der Waals surface area contributed by atoms with Crippen molar-refractivity contribution in [1.82, 2.24) is 34.6 Å². The van der Waals surface area contributed by atoms with Gasteiger partial charge in [0.15, 0.2) is 5.65 Å². The normalized spacial score (nSPS) is 15.9. The SMILES string of the molecule is CC(F)(F)CNC1CCN(C(=O)Cn2cc(NC(=O)c3cnn4cccnc34)c(-c3cc(SC4CC4)ccc3OC(F)F)n2)CC1. The number of carbonyl (C=O) groups is 2. The Labute approximate surface area is 265 Å². The van der Waals surface area contributed by atoms with Crippen LogP contribution in [0.1, 0.15) is 43.0 Å². The number of benzene rings is 1. The Morgan fingerprint density at radius 1 is 1.17 bits per heavy atom. The van der Waals surface area contributed by atoms with Gasteiger partial charge >= 0.3 is 6.61 Å². The number of carbonyl (C=O) groups excluding carboxylic acids is 2. The number of nitrogens with zero attached hydrogens (tertiary/aromatic N) is 6. The minimum atomic E-state index is -3.10. The van der Waals surface area contributed by atoms with Crippen LogP contribution in [0.4, 0.5) is 23.2 Å². The van der Waals surface area contributed by atoms with Crippen LogP contribution in [0.2, 0.25) is 0 Å². The van der Waals surface area contributed by atoms with Crippen molar-refractivity contribution in [1.29, 1.82) is 0 Å². The first-order valence-corrected chi connectivity index (χ1v) is 15.7. The van der Waals surface area contributed by atoms with Crippen molar-refractivity contribution in [2.24, 2.45) is 0 Å². The molecule has 0 bridgehead atoms. The summed E-state index contributed by atoms with van der Waals surface area (Å²) in [7, 11) is 0. The van der Waals surface area contributed by atoms with Gasteiger partial charge < -0.3 is 20.3 Å². The maximum atomic E-state index is 13.5. The third kappa shape index (κ3) is 7.78. The molecule has 1 aliphatic carbocycles. The summed E-state index contributed by atoms with van der Waals surface area (Å²) < 4.78 is 61.1. The number of anilines is 1. The maximum Gasteiger partial charge on any atom is 0.387 e. The number of thioether (sulfide) groups is 1. The van der Waals surface area contributed by atoms with E-state index in [1.165, 1.54) is 33.9 Å². The zero-order valence-corrected chi connectivity index (χ0v) is 25.7. The van der Waals surface area contributed by atoms with Gasteiger partial charge in [-0.05, 0) is 49.9 Å². The molecule has 11 nitrogen and oxygen atoms in total. The van der Waals surface area contributed by atoms with E-state index in [1.807, 2.05) is 0 Å². The number of fused-ring (bicyclic) bond motifs is 1. The summed E-state index contributed by atoms with van der Waals surface area (Å²) in [6.07, 6.45) is 9.14. The molecule has 0 atom stereocenters. The minimum Gasteiger partial charge on any atom is -0.434 e. The fraction of sp³-hybridized carbons (Fsp3) is 0.433. The molecular formula is C30H32F4N8O3S. The highest BCUT2D eigenvalue weighted by Crippen LogP contribution is 2.43. The number of alkyl halides is 4. The highest BCUT2D eigenvalue weighted by molar-refractivity contribution is 8.00. The van der Waals surface area contributed by atoms with E-state index >= 15 is 0 Å². The molecule has 4 heterocycles. The molecule has 6 rings (SSSR count). The maximum absolute atomic E-state index is 13.5. The number of halogens is 4. The summed E-state index contributed by atoms with van der Waals surface area (Å²) in [4.78, 5) is 33.4. The van der Waals surface area contributed by atoms with E-state index in [4.69, 9.17) is 4.74 Å². The smallest absolute Gasteiger partial charge is 0.387 e. The van der Waals surface area contributed by atoms with Crippen LogP contribution in [0.5, 0.6) is 5.75 Å². The molecule has 0 spiro atoms.